The highest BCUT2D eigenvalue weighted by atomic mass is 16.5. The van der Waals surface area contributed by atoms with E-state index in [-0.39, 0.29) is 18.6 Å². The summed E-state index contributed by atoms with van der Waals surface area (Å²) in [6.07, 6.45) is 0.390. The molecule has 2 N–H and O–H groups in total. The first kappa shape index (κ1) is 10.7. The first-order valence-electron chi connectivity index (χ1n) is 4.70. The van der Waals surface area contributed by atoms with Crippen LogP contribution in [0.3, 0.4) is 0 Å². The average molecular weight is 193 g/mol. The quantitative estimate of drug-likeness (QED) is 0.739. The maximum Gasteiger partial charge on any atom is 0.305 e. The van der Waals surface area contributed by atoms with Crippen molar-refractivity contribution in [3.8, 4) is 0 Å². The minimum atomic E-state index is -0.230. The predicted octanol–water partition coefficient (Wildman–Crippen LogP) is 1.64. The number of nitrogens with two attached hydrogens (primary N) is 1. The van der Waals surface area contributed by atoms with Crippen molar-refractivity contribution in [1.29, 1.82) is 0 Å². The molecule has 0 bridgehead atoms. The van der Waals surface area contributed by atoms with Crippen LogP contribution >= 0.6 is 0 Å². The minimum Gasteiger partial charge on any atom is -0.464 e. The van der Waals surface area contributed by atoms with Crippen molar-refractivity contribution in [1.82, 2.24) is 0 Å². The molecule has 0 spiro atoms. The van der Waals surface area contributed by atoms with Crippen molar-refractivity contribution in [2.24, 2.45) is 5.73 Å². The van der Waals surface area contributed by atoms with Gasteiger partial charge in [-0.15, -0.1) is 0 Å². The second-order valence-corrected chi connectivity index (χ2v) is 3.05. The maximum atomic E-state index is 10.9. The van der Waals surface area contributed by atoms with E-state index in [9.17, 15) is 4.79 Å². The monoisotopic (exact) mass is 193 g/mol. The molecule has 0 amide bonds. The molecule has 0 aliphatic rings. The zero-order valence-electron chi connectivity index (χ0n) is 8.27. The van der Waals surface area contributed by atoms with Crippen LogP contribution in [0.25, 0.3) is 0 Å². The summed E-state index contributed by atoms with van der Waals surface area (Å²) in [4.78, 5) is 10.9. The van der Waals surface area contributed by atoms with E-state index in [4.69, 9.17) is 10.5 Å². The van der Waals surface area contributed by atoms with E-state index in [0.717, 1.165) is 5.56 Å². The molecule has 0 heterocycles. The van der Waals surface area contributed by atoms with Crippen molar-refractivity contribution in [3.05, 3.63) is 35.9 Å². The predicted molar refractivity (Wildman–Crippen MR) is 54.6 cm³/mol. The lowest BCUT2D eigenvalue weighted by Gasteiger charge is -2.11. The van der Waals surface area contributed by atoms with Gasteiger partial charge in [-0.2, -0.15) is 0 Å². The molecule has 1 unspecified atom stereocenters. The van der Waals surface area contributed by atoms with E-state index < -0.39 is 0 Å². The van der Waals surface area contributed by atoms with E-state index in [1.165, 1.54) is 0 Å². The molecular formula is C11H15NO2. The van der Waals surface area contributed by atoms with Gasteiger partial charge < -0.3 is 10.5 Å². The fraction of sp³-hybridized carbons (Fsp3) is 0.364. The molecule has 3 nitrogen and oxygen atoms in total. The second-order valence-electron chi connectivity index (χ2n) is 3.05. The third kappa shape index (κ3) is 3.18. The molecule has 0 saturated heterocycles. The summed E-state index contributed by atoms with van der Waals surface area (Å²) in [6, 6.07) is 9.36. The van der Waals surface area contributed by atoms with E-state index in [0.29, 0.717) is 6.42 Å². The third-order valence-electron chi connectivity index (χ3n) is 1.94. The van der Waals surface area contributed by atoms with E-state index >= 15 is 0 Å². The van der Waals surface area contributed by atoms with Gasteiger partial charge in [-0.05, 0) is 5.56 Å². The summed E-state index contributed by atoms with van der Waals surface area (Å²) in [7, 11) is 0. The van der Waals surface area contributed by atoms with Gasteiger partial charge in [-0.3, -0.25) is 4.79 Å². The lowest BCUT2D eigenvalue weighted by atomic mass is 10.1. The van der Waals surface area contributed by atoms with Gasteiger partial charge in [0.1, 0.15) is 6.61 Å². The Balaban J connectivity index is 2.43. The molecule has 0 radical (unpaired) electrons. The fourth-order valence-corrected chi connectivity index (χ4v) is 1.08. The van der Waals surface area contributed by atoms with Crippen molar-refractivity contribution < 1.29 is 9.53 Å². The van der Waals surface area contributed by atoms with Crippen LogP contribution in [0.2, 0.25) is 0 Å². The molecule has 1 aromatic rings. The van der Waals surface area contributed by atoms with Gasteiger partial charge in [0, 0.05) is 6.42 Å². The standard InChI is InChI=1S/C11H15NO2/c1-2-11(13)14-8-10(12)9-6-4-3-5-7-9/h3-7,10H,2,8,12H2,1H3. The Hall–Kier alpha value is -1.35. The van der Waals surface area contributed by atoms with Gasteiger partial charge in [0.25, 0.3) is 0 Å². The fourth-order valence-electron chi connectivity index (χ4n) is 1.08. The Morgan fingerprint density at radius 2 is 2.07 bits per heavy atom. The Morgan fingerprint density at radius 3 is 2.64 bits per heavy atom. The number of ether oxygens (including phenoxy) is 1. The molecular weight excluding hydrogens is 178 g/mol. The Labute approximate surface area is 83.9 Å². The van der Waals surface area contributed by atoms with Crippen molar-refractivity contribution in [2.45, 2.75) is 19.4 Å². The highest BCUT2D eigenvalue weighted by Gasteiger charge is 2.07. The number of benzene rings is 1. The normalized spacial score (nSPS) is 12.1. The minimum absolute atomic E-state index is 0.212. The van der Waals surface area contributed by atoms with E-state index in [1.54, 1.807) is 6.92 Å². The number of esters is 1. The number of hydrogen-bond acceptors (Lipinski definition) is 3. The average Bonchev–Trinajstić information content (AvgIpc) is 2.26. The number of rotatable bonds is 4. The second kappa shape index (κ2) is 5.40. The van der Waals surface area contributed by atoms with Crippen LogP contribution in [-0.4, -0.2) is 12.6 Å². The Kier molecular flexibility index (Phi) is 4.13. The highest BCUT2D eigenvalue weighted by molar-refractivity contribution is 5.68. The van der Waals surface area contributed by atoms with Crippen molar-refractivity contribution in [2.75, 3.05) is 6.61 Å². The van der Waals surface area contributed by atoms with Gasteiger partial charge in [0.2, 0.25) is 0 Å². The first-order chi connectivity index (χ1) is 6.74. The van der Waals surface area contributed by atoms with Crippen molar-refractivity contribution >= 4 is 5.97 Å². The van der Waals surface area contributed by atoms with Crippen LogP contribution < -0.4 is 5.73 Å². The van der Waals surface area contributed by atoms with Gasteiger partial charge in [-0.25, -0.2) is 0 Å². The van der Waals surface area contributed by atoms with Crippen LogP contribution in [0.15, 0.2) is 30.3 Å². The summed E-state index contributed by atoms with van der Waals surface area (Å²) in [6.45, 7) is 2.01. The maximum absolute atomic E-state index is 10.9. The lowest BCUT2D eigenvalue weighted by molar-refractivity contribution is -0.143. The molecule has 1 aromatic carbocycles. The van der Waals surface area contributed by atoms with E-state index in [2.05, 4.69) is 0 Å². The first-order valence-corrected chi connectivity index (χ1v) is 4.70. The zero-order chi connectivity index (χ0) is 10.4. The number of carbonyl (C=O) groups is 1. The van der Waals surface area contributed by atoms with Crippen LogP contribution in [0.5, 0.6) is 0 Å². The topological polar surface area (TPSA) is 52.3 Å². The summed E-state index contributed by atoms with van der Waals surface area (Å²) in [5.41, 5.74) is 6.80. The van der Waals surface area contributed by atoms with Crippen LogP contribution in [0, 0.1) is 0 Å². The SMILES string of the molecule is CCC(=O)OCC(N)c1ccccc1. The molecule has 0 aromatic heterocycles. The van der Waals surface area contributed by atoms with Gasteiger partial charge in [0.15, 0.2) is 0 Å². The van der Waals surface area contributed by atoms with Crippen LogP contribution in [0.1, 0.15) is 24.9 Å². The largest absolute Gasteiger partial charge is 0.464 e. The van der Waals surface area contributed by atoms with Crippen molar-refractivity contribution in [3.63, 3.8) is 0 Å². The molecule has 0 aliphatic carbocycles. The van der Waals surface area contributed by atoms with E-state index in [1.807, 2.05) is 30.3 Å². The number of carbonyl (C=O) groups excluding carboxylic acids is 1. The third-order valence-corrected chi connectivity index (χ3v) is 1.94. The molecule has 0 saturated carbocycles. The zero-order valence-corrected chi connectivity index (χ0v) is 8.27. The summed E-state index contributed by atoms with van der Waals surface area (Å²) < 4.78 is 4.94. The van der Waals surface area contributed by atoms with Gasteiger partial charge in [-0.1, -0.05) is 37.3 Å². The molecule has 0 fully saturated rings. The Bertz CT molecular complexity index is 285. The van der Waals surface area contributed by atoms with Crippen LogP contribution in [-0.2, 0) is 9.53 Å². The van der Waals surface area contributed by atoms with Gasteiger partial charge >= 0.3 is 5.97 Å². The highest BCUT2D eigenvalue weighted by Crippen LogP contribution is 2.09. The molecule has 1 atom stereocenters. The molecule has 1 rings (SSSR count). The molecule has 0 aliphatic heterocycles. The summed E-state index contributed by atoms with van der Waals surface area (Å²) >= 11 is 0. The molecule has 3 heteroatoms. The summed E-state index contributed by atoms with van der Waals surface area (Å²) in [5.74, 6) is -0.212. The van der Waals surface area contributed by atoms with Crippen LogP contribution in [0.4, 0.5) is 0 Å². The lowest BCUT2D eigenvalue weighted by Crippen LogP contribution is -2.19. The number of hydrogen-bond donors (Lipinski definition) is 1. The van der Waals surface area contributed by atoms with Gasteiger partial charge in [0.05, 0.1) is 6.04 Å². The molecule has 14 heavy (non-hydrogen) atoms. The smallest absolute Gasteiger partial charge is 0.305 e. The summed E-state index contributed by atoms with van der Waals surface area (Å²) in [5, 5.41) is 0. The molecule has 76 valence electrons. The Morgan fingerprint density at radius 1 is 1.43 bits per heavy atom.